The minimum Gasteiger partial charge on any atom is -0.731 e. The van der Waals surface area contributed by atoms with Crippen molar-refractivity contribution in [3.05, 3.63) is 36.0 Å². The van der Waals surface area contributed by atoms with Crippen LogP contribution in [0.2, 0.25) is 0 Å². The van der Waals surface area contributed by atoms with E-state index in [0.717, 1.165) is 6.20 Å². The molecule has 2 heterocycles. The maximum absolute atomic E-state index is 11.6. The van der Waals surface area contributed by atoms with E-state index in [2.05, 4.69) is 9.44 Å². The summed E-state index contributed by atoms with van der Waals surface area (Å²) in [5.41, 5.74) is -1.22. The molecule has 17 heteroatoms. The van der Waals surface area contributed by atoms with Crippen LogP contribution < -0.4 is 0 Å². The number of rotatable bonds is 7. The molecule has 184 valence electrons. The second-order valence-corrected chi connectivity index (χ2v) is 10.3. The lowest BCUT2D eigenvalue weighted by Crippen LogP contribution is -2.57. The average molecular weight is 527 g/mol. The van der Waals surface area contributed by atoms with Crippen LogP contribution in [0.25, 0.3) is 10.9 Å². The fourth-order valence-corrected chi connectivity index (χ4v) is 5.16. The SMILES string of the molecule is O=S(=O)([O-])O/N=C(/Cc1cn(S(=O)(=O)[O-])c2ccccc12)S[C@@H]1O[C@H](CO)[C@@H](O)[C@H](O)[C@H]1O. The summed E-state index contributed by atoms with van der Waals surface area (Å²) in [5.74, 6) is 0. The second-order valence-electron chi connectivity index (χ2n) is 6.88. The molecule has 1 aliphatic rings. The molecule has 1 aromatic carbocycles. The summed E-state index contributed by atoms with van der Waals surface area (Å²) >= 11 is 0.490. The highest BCUT2D eigenvalue weighted by Gasteiger charge is 2.44. The normalized spacial score (nSPS) is 27.1. The maximum Gasteiger partial charge on any atom is 0.284 e. The summed E-state index contributed by atoms with van der Waals surface area (Å²) in [6.45, 7) is -0.727. The van der Waals surface area contributed by atoms with Gasteiger partial charge in [-0.2, -0.15) is 8.42 Å². The fourth-order valence-electron chi connectivity index (χ4n) is 3.19. The molecule has 0 aliphatic carbocycles. The van der Waals surface area contributed by atoms with E-state index in [-0.39, 0.29) is 21.5 Å². The number of thioether (sulfide) groups is 1. The molecule has 1 aromatic heterocycles. The number of nitrogens with zero attached hydrogens (tertiary/aromatic N) is 2. The third kappa shape index (κ3) is 6.01. The van der Waals surface area contributed by atoms with Crippen molar-refractivity contribution >= 4 is 48.4 Å². The first-order valence-corrected chi connectivity index (χ1v) is 12.6. The first-order chi connectivity index (χ1) is 15.3. The van der Waals surface area contributed by atoms with Gasteiger partial charge in [-0.1, -0.05) is 35.1 Å². The van der Waals surface area contributed by atoms with Crippen molar-refractivity contribution in [1.82, 2.24) is 3.97 Å². The van der Waals surface area contributed by atoms with E-state index in [1.165, 1.54) is 18.2 Å². The van der Waals surface area contributed by atoms with Crippen molar-refractivity contribution in [1.29, 1.82) is 0 Å². The van der Waals surface area contributed by atoms with Crippen molar-refractivity contribution in [2.45, 2.75) is 36.3 Å². The van der Waals surface area contributed by atoms with Gasteiger partial charge in [-0.15, -0.1) is 0 Å². The third-order valence-electron chi connectivity index (χ3n) is 4.67. The second kappa shape index (κ2) is 9.82. The Bertz CT molecular complexity index is 1240. The maximum atomic E-state index is 11.6. The van der Waals surface area contributed by atoms with Crippen LogP contribution in [0.15, 0.2) is 35.6 Å². The molecule has 33 heavy (non-hydrogen) atoms. The van der Waals surface area contributed by atoms with E-state index in [4.69, 9.17) is 4.74 Å². The van der Waals surface area contributed by atoms with Crippen molar-refractivity contribution in [2.75, 3.05) is 6.61 Å². The van der Waals surface area contributed by atoms with Crippen LogP contribution in [-0.2, 0) is 36.1 Å². The summed E-state index contributed by atoms with van der Waals surface area (Å²) in [4.78, 5) is 0. The lowest BCUT2D eigenvalue weighted by atomic mass is 10.0. The monoisotopic (exact) mass is 526 g/mol. The van der Waals surface area contributed by atoms with Crippen molar-refractivity contribution in [2.24, 2.45) is 5.16 Å². The number of hydrogen-bond acceptors (Lipinski definition) is 14. The molecule has 1 fully saturated rings. The van der Waals surface area contributed by atoms with Crippen molar-refractivity contribution in [3.63, 3.8) is 0 Å². The number of aliphatic hydroxyl groups excluding tert-OH is 4. The Morgan fingerprint density at radius 3 is 2.39 bits per heavy atom. The average Bonchev–Trinajstić information content (AvgIpc) is 3.11. The molecule has 0 unspecified atom stereocenters. The number of oxime groups is 1. The highest BCUT2D eigenvalue weighted by atomic mass is 32.3. The molecular weight excluding hydrogens is 508 g/mol. The molecule has 14 nitrogen and oxygen atoms in total. The zero-order valence-corrected chi connectivity index (χ0v) is 18.8. The number of fused-ring (bicyclic) bond motifs is 1. The highest BCUT2D eigenvalue weighted by Crippen LogP contribution is 2.32. The largest absolute Gasteiger partial charge is 0.731 e. The molecule has 0 spiro atoms. The number of ether oxygens (including phenoxy) is 1. The van der Waals surface area contributed by atoms with Gasteiger partial charge in [-0.05, 0) is 11.6 Å². The first-order valence-electron chi connectivity index (χ1n) is 9.05. The van der Waals surface area contributed by atoms with Gasteiger partial charge in [0.2, 0.25) is 0 Å². The Balaban J connectivity index is 1.98. The van der Waals surface area contributed by atoms with E-state index < -0.39 is 63.6 Å². The summed E-state index contributed by atoms with van der Waals surface area (Å²) in [7, 11) is -10.2. The number of para-hydroxylation sites is 1. The van der Waals surface area contributed by atoms with Crippen LogP contribution in [0.3, 0.4) is 0 Å². The van der Waals surface area contributed by atoms with Crippen LogP contribution in [0, 0.1) is 0 Å². The van der Waals surface area contributed by atoms with Gasteiger partial charge in [-0.25, -0.2) is 8.42 Å². The van der Waals surface area contributed by atoms with E-state index in [1.807, 2.05) is 0 Å². The van der Waals surface area contributed by atoms with E-state index >= 15 is 0 Å². The number of aliphatic hydroxyl groups is 4. The van der Waals surface area contributed by atoms with Crippen LogP contribution in [-0.4, -0.2) is 91.8 Å². The van der Waals surface area contributed by atoms with Crippen molar-refractivity contribution < 1.29 is 55.4 Å². The van der Waals surface area contributed by atoms with Crippen LogP contribution in [0.1, 0.15) is 5.56 Å². The summed E-state index contributed by atoms with van der Waals surface area (Å²) < 4.78 is 77.1. The Labute approximate surface area is 191 Å². The topological polar surface area (TPSA) is 231 Å². The van der Waals surface area contributed by atoms with Gasteiger partial charge in [0.15, 0.2) is 10.3 Å². The zero-order chi connectivity index (χ0) is 24.6. The fraction of sp³-hybridized carbons (Fsp3) is 0.438. The first kappa shape index (κ1) is 25.8. The number of hydrogen-bond donors (Lipinski definition) is 4. The molecule has 4 N–H and O–H groups in total. The Hall–Kier alpha value is -1.80. The van der Waals surface area contributed by atoms with Gasteiger partial charge in [-0.3, -0.25) is 8.26 Å². The van der Waals surface area contributed by atoms with Crippen LogP contribution in [0.5, 0.6) is 0 Å². The standard InChI is InChI=1S/C16H20N2O12S3/c19-7-11-13(20)14(21)15(22)16(29-11)31-12(17-30-33(26,27)28)5-8-6-18(32(23,24)25)10-4-2-1-3-9(8)10/h1-4,6,11,13-16,19-22H,5,7H2,(H,23,24,25)(H,26,27,28)/p-2/b17-12-/t11-,13-,14+,15-,16+/m1/s1. The molecule has 1 aliphatic heterocycles. The van der Waals surface area contributed by atoms with E-state index in [1.54, 1.807) is 6.07 Å². The van der Waals surface area contributed by atoms with Crippen LogP contribution in [0.4, 0.5) is 0 Å². The molecule has 1 saturated heterocycles. The lowest BCUT2D eigenvalue weighted by molar-refractivity contribution is -0.205. The van der Waals surface area contributed by atoms with Gasteiger partial charge >= 0.3 is 0 Å². The van der Waals surface area contributed by atoms with Gasteiger partial charge in [0, 0.05) is 18.0 Å². The highest BCUT2D eigenvalue weighted by molar-refractivity contribution is 8.14. The van der Waals surface area contributed by atoms with E-state index in [0.29, 0.717) is 15.7 Å². The Kier molecular flexibility index (Phi) is 7.68. The quantitative estimate of drug-likeness (QED) is 0.0989. The smallest absolute Gasteiger partial charge is 0.284 e. The summed E-state index contributed by atoms with van der Waals surface area (Å²) in [5, 5.41) is 42.5. The Morgan fingerprint density at radius 1 is 1.12 bits per heavy atom. The van der Waals surface area contributed by atoms with Gasteiger partial charge in [0.25, 0.3) is 10.4 Å². The predicted molar refractivity (Wildman–Crippen MR) is 110 cm³/mol. The molecule has 0 amide bonds. The van der Waals surface area contributed by atoms with Gasteiger partial charge in [0.05, 0.1) is 12.1 Å². The van der Waals surface area contributed by atoms with Gasteiger partial charge in [0.1, 0.15) is 34.9 Å². The summed E-state index contributed by atoms with van der Waals surface area (Å²) in [6.07, 6.45) is -5.82. The summed E-state index contributed by atoms with van der Waals surface area (Å²) in [6, 6.07) is 5.87. The molecule has 0 saturated carbocycles. The minimum atomic E-state index is -5.30. The number of benzene rings is 1. The molecule has 0 radical (unpaired) electrons. The molecule has 0 bridgehead atoms. The molecule has 5 atom stereocenters. The molecular formula is C16H18N2O12S3-2. The van der Waals surface area contributed by atoms with Gasteiger partial charge < -0.3 is 34.3 Å². The number of aromatic nitrogens is 1. The van der Waals surface area contributed by atoms with E-state index in [9.17, 15) is 46.4 Å². The lowest BCUT2D eigenvalue weighted by Gasteiger charge is -2.39. The minimum absolute atomic E-state index is 0.0251. The molecule has 3 rings (SSSR count). The van der Waals surface area contributed by atoms with Crippen molar-refractivity contribution in [3.8, 4) is 0 Å². The predicted octanol–water partition coefficient (Wildman–Crippen LogP) is -2.18. The zero-order valence-electron chi connectivity index (χ0n) is 16.4. The Morgan fingerprint density at radius 2 is 1.79 bits per heavy atom. The van der Waals surface area contributed by atoms with Crippen LogP contribution >= 0.6 is 11.8 Å². The molecule has 2 aromatic rings. The third-order valence-corrected chi connectivity index (χ3v) is 6.83.